The maximum atomic E-state index is 13.7. The monoisotopic (exact) mass is 309 g/mol. The van der Waals surface area contributed by atoms with Gasteiger partial charge in [-0.25, -0.2) is 13.2 Å². The molecule has 2 aromatic rings. The summed E-state index contributed by atoms with van der Waals surface area (Å²) in [6.07, 6.45) is 0. The number of halogens is 3. The lowest BCUT2D eigenvalue weighted by atomic mass is 9.95. The first-order valence-electron chi connectivity index (χ1n) is 6.52. The molecule has 0 aliphatic carbocycles. The number of aliphatic hydroxyl groups is 1. The number of hydrogen-bond donors (Lipinski definition) is 2. The van der Waals surface area contributed by atoms with Gasteiger partial charge in [0.05, 0.1) is 12.1 Å². The highest BCUT2D eigenvalue weighted by molar-refractivity contribution is 5.94. The van der Waals surface area contributed by atoms with Crippen LogP contribution in [0.5, 0.6) is 0 Å². The van der Waals surface area contributed by atoms with Gasteiger partial charge in [-0.05, 0) is 25.1 Å². The molecule has 116 valence electrons. The fraction of sp³-hybridized carbons (Fsp3) is 0.188. The van der Waals surface area contributed by atoms with E-state index in [1.807, 2.05) is 0 Å². The summed E-state index contributed by atoms with van der Waals surface area (Å²) in [6, 6.07) is 8.10. The second-order valence-electron chi connectivity index (χ2n) is 5.06. The topological polar surface area (TPSA) is 49.3 Å². The van der Waals surface area contributed by atoms with E-state index in [-0.39, 0.29) is 17.7 Å². The first kappa shape index (κ1) is 16.0. The molecule has 0 aliphatic heterocycles. The summed E-state index contributed by atoms with van der Waals surface area (Å²) < 4.78 is 40.0. The summed E-state index contributed by atoms with van der Waals surface area (Å²) in [5.74, 6) is -3.13. The molecule has 0 aromatic heterocycles. The van der Waals surface area contributed by atoms with Crippen molar-refractivity contribution < 1.29 is 23.1 Å². The van der Waals surface area contributed by atoms with Gasteiger partial charge in [0, 0.05) is 11.6 Å². The minimum absolute atomic E-state index is 0.164. The molecular weight excluding hydrogens is 295 g/mol. The van der Waals surface area contributed by atoms with E-state index in [2.05, 4.69) is 5.32 Å². The van der Waals surface area contributed by atoms with Gasteiger partial charge in [0.2, 0.25) is 0 Å². The van der Waals surface area contributed by atoms with Crippen molar-refractivity contribution in [3.8, 4) is 0 Å². The third kappa shape index (κ3) is 3.46. The van der Waals surface area contributed by atoms with Gasteiger partial charge in [-0.1, -0.05) is 18.2 Å². The first-order valence-corrected chi connectivity index (χ1v) is 6.52. The van der Waals surface area contributed by atoms with Gasteiger partial charge >= 0.3 is 0 Å². The number of carbonyl (C=O) groups excluding carboxylic acids is 1. The van der Waals surface area contributed by atoms with Crippen molar-refractivity contribution in [3.63, 3.8) is 0 Å². The number of carbonyl (C=O) groups is 1. The van der Waals surface area contributed by atoms with E-state index < -0.39 is 29.0 Å². The maximum Gasteiger partial charge on any atom is 0.254 e. The van der Waals surface area contributed by atoms with Crippen LogP contribution in [0.1, 0.15) is 22.8 Å². The van der Waals surface area contributed by atoms with E-state index in [4.69, 9.17) is 0 Å². The lowest BCUT2D eigenvalue weighted by Crippen LogP contribution is -2.39. The molecule has 2 rings (SSSR count). The molecule has 0 spiro atoms. The van der Waals surface area contributed by atoms with Crippen LogP contribution < -0.4 is 5.32 Å². The van der Waals surface area contributed by atoms with Gasteiger partial charge in [-0.2, -0.15) is 0 Å². The summed E-state index contributed by atoms with van der Waals surface area (Å²) in [6.45, 7) is 0.910. The second kappa shape index (κ2) is 6.19. The highest BCUT2D eigenvalue weighted by atomic mass is 19.1. The minimum Gasteiger partial charge on any atom is -0.383 e. The van der Waals surface area contributed by atoms with Crippen molar-refractivity contribution in [1.82, 2.24) is 5.32 Å². The van der Waals surface area contributed by atoms with Crippen LogP contribution in [-0.4, -0.2) is 17.6 Å². The Kier molecular flexibility index (Phi) is 4.51. The van der Waals surface area contributed by atoms with Crippen molar-refractivity contribution in [1.29, 1.82) is 0 Å². The number of hydrogen-bond acceptors (Lipinski definition) is 2. The molecule has 0 saturated heterocycles. The summed E-state index contributed by atoms with van der Waals surface area (Å²) in [5, 5.41) is 12.6. The van der Waals surface area contributed by atoms with Gasteiger partial charge < -0.3 is 10.4 Å². The van der Waals surface area contributed by atoms with Crippen LogP contribution in [0, 0.1) is 17.5 Å². The zero-order chi connectivity index (χ0) is 16.3. The molecule has 1 amide bonds. The van der Waals surface area contributed by atoms with E-state index in [1.54, 1.807) is 0 Å². The van der Waals surface area contributed by atoms with Crippen molar-refractivity contribution >= 4 is 5.91 Å². The average Bonchev–Trinajstić information content (AvgIpc) is 2.45. The van der Waals surface area contributed by atoms with Crippen molar-refractivity contribution in [2.45, 2.75) is 12.5 Å². The van der Waals surface area contributed by atoms with Gasteiger partial charge in [-0.3, -0.25) is 4.79 Å². The van der Waals surface area contributed by atoms with Crippen LogP contribution in [0.3, 0.4) is 0 Å². The molecule has 0 heterocycles. The third-order valence-electron chi connectivity index (χ3n) is 3.22. The average molecular weight is 309 g/mol. The molecule has 3 nitrogen and oxygen atoms in total. The molecule has 0 aliphatic rings. The predicted molar refractivity (Wildman–Crippen MR) is 74.7 cm³/mol. The van der Waals surface area contributed by atoms with Crippen molar-refractivity contribution in [2.24, 2.45) is 0 Å². The SMILES string of the molecule is CC(O)(CNC(=O)c1ccccc1F)c1ccc(F)cc1F. The molecule has 0 saturated carbocycles. The highest BCUT2D eigenvalue weighted by Crippen LogP contribution is 2.23. The smallest absolute Gasteiger partial charge is 0.254 e. The molecule has 0 bridgehead atoms. The van der Waals surface area contributed by atoms with E-state index in [0.29, 0.717) is 6.07 Å². The molecule has 2 aromatic carbocycles. The molecule has 2 N–H and O–H groups in total. The Bertz CT molecular complexity index is 702. The largest absolute Gasteiger partial charge is 0.383 e. The molecule has 0 radical (unpaired) electrons. The zero-order valence-electron chi connectivity index (χ0n) is 11.7. The van der Waals surface area contributed by atoms with Gasteiger partial charge in [0.15, 0.2) is 0 Å². The van der Waals surface area contributed by atoms with Crippen molar-refractivity contribution in [2.75, 3.05) is 6.54 Å². The molecular formula is C16H14F3NO2. The summed E-state index contributed by atoms with van der Waals surface area (Å²) in [7, 11) is 0. The predicted octanol–water partition coefficient (Wildman–Crippen LogP) is 2.74. The molecule has 1 unspecified atom stereocenters. The number of nitrogens with one attached hydrogen (secondary N) is 1. The third-order valence-corrected chi connectivity index (χ3v) is 3.22. The van der Waals surface area contributed by atoms with E-state index in [1.165, 1.54) is 25.1 Å². The van der Waals surface area contributed by atoms with E-state index in [0.717, 1.165) is 18.2 Å². The van der Waals surface area contributed by atoms with Crippen LogP contribution in [0.2, 0.25) is 0 Å². The molecule has 22 heavy (non-hydrogen) atoms. The van der Waals surface area contributed by atoms with Crippen LogP contribution in [0.15, 0.2) is 42.5 Å². The minimum atomic E-state index is -1.77. The van der Waals surface area contributed by atoms with Gasteiger partial charge in [-0.15, -0.1) is 0 Å². The fourth-order valence-corrected chi connectivity index (χ4v) is 2.01. The van der Waals surface area contributed by atoms with Gasteiger partial charge in [0.1, 0.15) is 23.1 Å². The van der Waals surface area contributed by atoms with Crippen LogP contribution in [0.4, 0.5) is 13.2 Å². The fourth-order valence-electron chi connectivity index (χ4n) is 2.01. The molecule has 0 fully saturated rings. The van der Waals surface area contributed by atoms with E-state index in [9.17, 15) is 23.1 Å². The molecule has 1 atom stereocenters. The highest BCUT2D eigenvalue weighted by Gasteiger charge is 2.28. The Balaban J connectivity index is 2.13. The molecule has 6 heteroatoms. The number of rotatable bonds is 4. The normalized spacial score (nSPS) is 13.5. The summed E-state index contributed by atoms with van der Waals surface area (Å²) in [5.41, 5.74) is -2.11. The van der Waals surface area contributed by atoms with E-state index >= 15 is 0 Å². The second-order valence-corrected chi connectivity index (χ2v) is 5.06. The standard InChI is InChI=1S/C16H14F3NO2/c1-16(22,12-7-6-10(17)8-14(12)19)9-20-15(21)11-4-2-3-5-13(11)18/h2-8,22H,9H2,1H3,(H,20,21). The zero-order valence-corrected chi connectivity index (χ0v) is 11.7. The van der Waals surface area contributed by atoms with Crippen LogP contribution >= 0.6 is 0 Å². The Morgan fingerprint density at radius 1 is 1.14 bits per heavy atom. The Morgan fingerprint density at radius 3 is 2.45 bits per heavy atom. The quantitative estimate of drug-likeness (QED) is 0.912. The maximum absolute atomic E-state index is 13.7. The Hall–Kier alpha value is -2.34. The van der Waals surface area contributed by atoms with Crippen LogP contribution in [-0.2, 0) is 5.60 Å². The van der Waals surface area contributed by atoms with Gasteiger partial charge in [0.25, 0.3) is 5.91 Å². The number of amides is 1. The number of benzene rings is 2. The lowest BCUT2D eigenvalue weighted by molar-refractivity contribution is 0.0493. The first-order chi connectivity index (χ1) is 10.3. The summed E-state index contributed by atoms with van der Waals surface area (Å²) in [4.78, 5) is 11.9. The lowest BCUT2D eigenvalue weighted by Gasteiger charge is -2.24. The van der Waals surface area contributed by atoms with Crippen LogP contribution in [0.25, 0.3) is 0 Å². The van der Waals surface area contributed by atoms with Crippen molar-refractivity contribution in [3.05, 3.63) is 71.0 Å². The Morgan fingerprint density at radius 2 is 1.82 bits per heavy atom. The summed E-state index contributed by atoms with van der Waals surface area (Å²) >= 11 is 0. The Labute approximate surface area is 125 Å².